The molecule has 0 heterocycles. The monoisotopic (exact) mass is 321 g/mol. The Kier molecular flexibility index (Phi) is 4.96. The largest absolute Gasteiger partial charge is 0.554 e. The maximum absolute atomic E-state index is 4.95. The quantitative estimate of drug-likeness (QED) is 0.769. The summed E-state index contributed by atoms with van der Waals surface area (Å²) in [4.78, 5) is 0. The second kappa shape index (κ2) is 5.20. The van der Waals surface area contributed by atoms with Gasteiger partial charge in [0.2, 0.25) is 0 Å². The zero-order chi connectivity index (χ0) is 7.40. The van der Waals surface area contributed by atoms with Crippen molar-refractivity contribution in [2.45, 2.75) is 0 Å². The minimum absolute atomic E-state index is 0. The second-order valence-corrected chi connectivity index (χ2v) is 1.81. The molecule has 0 saturated carbocycles. The molecule has 2 nitrogen and oxygen atoms in total. The molecular weight excluding hydrogens is 312 g/mol. The van der Waals surface area contributed by atoms with E-state index in [0.29, 0.717) is 0 Å². The molecule has 11 heavy (non-hydrogen) atoms. The van der Waals surface area contributed by atoms with Crippen LogP contribution in [0.2, 0.25) is 0 Å². The molecule has 0 aliphatic carbocycles. The van der Waals surface area contributed by atoms with Crippen molar-refractivity contribution in [1.29, 1.82) is 0 Å². The van der Waals surface area contributed by atoms with Gasteiger partial charge in [-0.3, -0.25) is 0 Å². The predicted octanol–water partition coefficient (Wildman–Crippen LogP) is 1.50. The molecule has 0 spiro atoms. The van der Waals surface area contributed by atoms with Gasteiger partial charge >= 0.3 is 0 Å². The number of methoxy groups -OCH3 is 2. The van der Waals surface area contributed by atoms with Crippen LogP contribution in [0.4, 0.5) is 0 Å². The molecule has 0 aliphatic rings. The van der Waals surface area contributed by atoms with Gasteiger partial charge < -0.3 is 9.47 Å². The molecule has 1 aromatic carbocycles. The van der Waals surface area contributed by atoms with Crippen LogP contribution >= 0.6 is 0 Å². The number of rotatable bonds is 2. The van der Waals surface area contributed by atoms with Gasteiger partial charge in [-0.15, -0.1) is 12.1 Å². The first-order valence-electron chi connectivity index (χ1n) is 2.96. The van der Waals surface area contributed by atoms with Crippen LogP contribution in [0.1, 0.15) is 0 Å². The summed E-state index contributed by atoms with van der Waals surface area (Å²) in [6, 6.07) is 8.19. The molecule has 0 unspecified atom stereocenters. The van der Waals surface area contributed by atoms with Gasteiger partial charge in [-0.2, -0.15) is 6.07 Å². The number of hydrogen-bond acceptors (Lipinski definition) is 2. The first-order valence-corrected chi connectivity index (χ1v) is 2.96. The van der Waals surface area contributed by atoms with Crippen molar-refractivity contribution in [1.82, 2.24) is 0 Å². The SMILES string of the molecule is COc1c[c-]cc(OC)c1.[W]. The first-order chi connectivity index (χ1) is 4.86. The van der Waals surface area contributed by atoms with Gasteiger partial charge in [0, 0.05) is 32.6 Å². The van der Waals surface area contributed by atoms with E-state index in [4.69, 9.17) is 9.47 Å². The van der Waals surface area contributed by atoms with Crippen molar-refractivity contribution in [3.05, 3.63) is 24.3 Å². The fourth-order valence-electron chi connectivity index (χ4n) is 0.665. The summed E-state index contributed by atoms with van der Waals surface area (Å²) in [5.74, 6) is 1.53. The van der Waals surface area contributed by atoms with Crippen LogP contribution in [0.3, 0.4) is 0 Å². The minimum Gasteiger partial charge on any atom is -0.554 e. The molecule has 0 aromatic heterocycles. The Bertz CT molecular complexity index is 194. The van der Waals surface area contributed by atoms with Crippen molar-refractivity contribution in [3.8, 4) is 11.5 Å². The summed E-state index contributed by atoms with van der Waals surface area (Å²) >= 11 is 0. The summed E-state index contributed by atoms with van der Waals surface area (Å²) in [5.41, 5.74) is 0. The van der Waals surface area contributed by atoms with Crippen LogP contribution in [-0.2, 0) is 21.1 Å². The Balaban J connectivity index is 0.000001000. The van der Waals surface area contributed by atoms with E-state index in [2.05, 4.69) is 6.07 Å². The van der Waals surface area contributed by atoms with Gasteiger partial charge in [-0.1, -0.05) is 6.07 Å². The van der Waals surface area contributed by atoms with E-state index in [1.807, 2.05) is 0 Å². The molecule has 60 valence electrons. The van der Waals surface area contributed by atoms with Crippen LogP contribution in [0.5, 0.6) is 11.5 Å². The van der Waals surface area contributed by atoms with Gasteiger partial charge in [0.15, 0.2) is 0 Å². The molecule has 1 rings (SSSR count). The van der Waals surface area contributed by atoms with Crippen molar-refractivity contribution >= 4 is 0 Å². The van der Waals surface area contributed by atoms with E-state index >= 15 is 0 Å². The maximum atomic E-state index is 4.95. The van der Waals surface area contributed by atoms with Gasteiger partial charge in [0.25, 0.3) is 0 Å². The van der Waals surface area contributed by atoms with Crippen LogP contribution < -0.4 is 9.47 Å². The van der Waals surface area contributed by atoms with Crippen molar-refractivity contribution in [2.24, 2.45) is 0 Å². The molecule has 0 amide bonds. The Morgan fingerprint density at radius 2 is 1.55 bits per heavy atom. The van der Waals surface area contributed by atoms with Crippen molar-refractivity contribution in [3.63, 3.8) is 0 Å². The van der Waals surface area contributed by atoms with E-state index in [9.17, 15) is 0 Å². The summed E-state index contributed by atoms with van der Waals surface area (Å²) in [7, 11) is 3.23. The van der Waals surface area contributed by atoms with Crippen molar-refractivity contribution < 1.29 is 30.5 Å². The average Bonchev–Trinajstić information content (AvgIpc) is 2.05. The summed E-state index contributed by atoms with van der Waals surface area (Å²) < 4.78 is 9.89. The van der Waals surface area contributed by atoms with Crippen LogP contribution in [0.25, 0.3) is 0 Å². The zero-order valence-corrected chi connectivity index (χ0v) is 9.39. The number of hydrogen-bond donors (Lipinski definition) is 0. The number of benzene rings is 1. The molecule has 0 saturated heterocycles. The average molecular weight is 321 g/mol. The van der Waals surface area contributed by atoms with Crippen LogP contribution in [0, 0.1) is 6.07 Å². The summed E-state index contributed by atoms with van der Waals surface area (Å²) in [6.45, 7) is 0. The third-order valence-corrected chi connectivity index (χ3v) is 1.21. The molecular formula is C8H9O2W-. The smallest absolute Gasteiger partial charge is 0.0606 e. The van der Waals surface area contributed by atoms with Gasteiger partial charge in [0.05, 0.1) is 14.2 Å². The van der Waals surface area contributed by atoms with Gasteiger partial charge in [0.1, 0.15) is 0 Å². The Labute approximate surface area is 80.8 Å². The predicted molar refractivity (Wildman–Crippen MR) is 38.4 cm³/mol. The Morgan fingerprint density at radius 3 is 1.91 bits per heavy atom. The third kappa shape index (κ3) is 2.94. The molecule has 3 heteroatoms. The molecule has 1 aromatic rings. The van der Waals surface area contributed by atoms with Gasteiger partial charge in [-0.05, 0) is 0 Å². The van der Waals surface area contributed by atoms with Gasteiger partial charge in [-0.25, -0.2) is 0 Å². The summed E-state index contributed by atoms with van der Waals surface area (Å²) in [6.07, 6.45) is 0. The first kappa shape index (κ1) is 10.5. The van der Waals surface area contributed by atoms with E-state index in [0.717, 1.165) is 11.5 Å². The topological polar surface area (TPSA) is 18.5 Å². The Morgan fingerprint density at radius 1 is 1.09 bits per heavy atom. The summed E-state index contributed by atoms with van der Waals surface area (Å²) in [5, 5.41) is 0. The van der Waals surface area contributed by atoms with Crippen molar-refractivity contribution in [2.75, 3.05) is 14.2 Å². The molecule has 0 aliphatic heterocycles. The number of ether oxygens (including phenoxy) is 2. The minimum atomic E-state index is 0. The Hall–Kier alpha value is -0.492. The molecule has 0 N–H and O–H groups in total. The molecule has 0 atom stereocenters. The molecule has 0 radical (unpaired) electrons. The molecule has 0 fully saturated rings. The zero-order valence-electron chi connectivity index (χ0n) is 6.46. The fourth-order valence-corrected chi connectivity index (χ4v) is 0.665. The normalized spacial score (nSPS) is 8.18. The van der Waals surface area contributed by atoms with E-state index in [-0.39, 0.29) is 21.1 Å². The second-order valence-electron chi connectivity index (χ2n) is 1.81. The van der Waals surface area contributed by atoms with Crippen LogP contribution in [0.15, 0.2) is 18.2 Å². The van der Waals surface area contributed by atoms with Crippen LogP contribution in [-0.4, -0.2) is 14.2 Å². The standard InChI is InChI=1S/C8H9O2.W/c1-9-7-4-3-5-8(6-7)10-2;/h4-6H,1-2H3;/q-1;. The van der Waals surface area contributed by atoms with E-state index in [1.54, 1.807) is 32.4 Å². The molecule has 0 bridgehead atoms. The third-order valence-electron chi connectivity index (χ3n) is 1.21. The van der Waals surface area contributed by atoms with E-state index < -0.39 is 0 Å². The van der Waals surface area contributed by atoms with E-state index in [1.165, 1.54) is 0 Å². The fraction of sp³-hybridized carbons (Fsp3) is 0.250. The maximum Gasteiger partial charge on any atom is 0.0606 e.